The molecule has 144 valence electrons. The van der Waals surface area contributed by atoms with E-state index in [1.165, 1.54) is 0 Å². The van der Waals surface area contributed by atoms with Gasteiger partial charge in [0.15, 0.2) is 6.61 Å². The van der Waals surface area contributed by atoms with E-state index in [0.717, 1.165) is 16.3 Å². The maximum atomic E-state index is 12.3. The minimum absolute atomic E-state index is 0.00115. The maximum absolute atomic E-state index is 12.3. The largest absolute Gasteiger partial charge is 0.457 e. The van der Waals surface area contributed by atoms with E-state index < -0.39 is 5.97 Å². The van der Waals surface area contributed by atoms with Crippen molar-refractivity contribution >= 4 is 23.6 Å². The van der Waals surface area contributed by atoms with E-state index in [4.69, 9.17) is 4.74 Å². The fourth-order valence-corrected chi connectivity index (χ4v) is 3.73. The third-order valence-corrected chi connectivity index (χ3v) is 5.58. The summed E-state index contributed by atoms with van der Waals surface area (Å²) in [5.74, 6) is -1.90. The normalized spacial score (nSPS) is 21.5. The van der Waals surface area contributed by atoms with Crippen molar-refractivity contribution in [2.24, 2.45) is 18.9 Å². The zero-order valence-corrected chi connectivity index (χ0v) is 15.9. The predicted octanol–water partition coefficient (Wildman–Crippen LogP) is 1.71. The van der Waals surface area contributed by atoms with Crippen LogP contribution in [0.25, 0.3) is 0 Å². The summed E-state index contributed by atoms with van der Waals surface area (Å²) in [5, 5.41) is 0. The van der Waals surface area contributed by atoms with Gasteiger partial charge < -0.3 is 9.30 Å². The molecule has 2 atom stereocenters. The highest BCUT2D eigenvalue weighted by Crippen LogP contribution is 2.35. The number of hydrogen-bond acceptors (Lipinski definition) is 5. The molecule has 1 aliphatic carbocycles. The Morgan fingerprint density at radius 1 is 1.11 bits per heavy atom. The summed E-state index contributed by atoms with van der Waals surface area (Å²) in [4.78, 5) is 50.1. The molecular weight excluding hydrogens is 348 g/mol. The highest BCUT2D eigenvalue weighted by molar-refractivity contribution is 6.05. The average molecular weight is 372 g/mol. The molecule has 2 heterocycles. The topological polar surface area (TPSA) is 85.7 Å². The maximum Gasteiger partial charge on any atom is 0.308 e. The van der Waals surface area contributed by atoms with E-state index in [2.05, 4.69) is 0 Å². The van der Waals surface area contributed by atoms with Crippen molar-refractivity contribution in [3.8, 4) is 0 Å². The second kappa shape index (κ2) is 7.50. The first kappa shape index (κ1) is 19.1. The van der Waals surface area contributed by atoms with Crippen molar-refractivity contribution in [2.75, 3.05) is 13.2 Å². The van der Waals surface area contributed by atoms with Gasteiger partial charge in [-0.1, -0.05) is 12.2 Å². The van der Waals surface area contributed by atoms with Gasteiger partial charge in [-0.2, -0.15) is 0 Å². The number of allylic oxidation sites excluding steroid dienone is 2. The molecule has 0 aromatic carbocycles. The summed E-state index contributed by atoms with van der Waals surface area (Å²) >= 11 is 0. The highest BCUT2D eigenvalue weighted by atomic mass is 16.5. The molecule has 7 heteroatoms. The Hall–Kier alpha value is -2.70. The molecular formula is C20H24N2O5. The first-order chi connectivity index (χ1) is 12.8. The van der Waals surface area contributed by atoms with Gasteiger partial charge in [0, 0.05) is 30.5 Å². The molecule has 0 bridgehead atoms. The van der Waals surface area contributed by atoms with Gasteiger partial charge >= 0.3 is 5.97 Å². The van der Waals surface area contributed by atoms with Gasteiger partial charge in [0.2, 0.25) is 17.6 Å². The fourth-order valence-electron chi connectivity index (χ4n) is 3.73. The summed E-state index contributed by atoms with van der Waals surface area (Å²) in [7, 11) is 1.87. The van der Waals surface area contributed by atoms with Gasteiger partial charge in [-0.05, 0) is 32.8 Å². The van der Waals surface area contributed by atoms with Gasteiger partial charge in [0.25, 0.3) is 0 Å². The Morgan fingerprint density at radius 2 is 1.70 bits per heavy atom. The van der Waals surface area contributed by atoms with E-state index in [1.807, 2.05) is 37.6 Å². The predicted molar refractivity (Wildman–Crippen MR) is 96.9 cm³/mol. The number of fused-ring (bicyclic) bond motifs is 1. The summed E-state index contributed by atoms with van der Waals surface area (Å²) < 4.78 is 6.95. The Morgan fingerprint density at radius 3 is 2.22 bits per heavy atom. The quantitative estimate of drug-likeness (QED) is 0.328. The van der Waals surface area contributed by atoms with Crippen LogP contribution in [0.3, 0.4) is 0 Å². The minimum Gasteiger partial charge on any atom is -0.457 e. The Balaban J connectivity index is 1.50. The molecule has 1 aliphatic heterocycles. The van der Waals surface area contributed by atoms with Crippen molar-refractivity contribution in [3.05, 3.63) is 35.2 Å². The Labute approximate surface area is 158 Å². The summed E-state index contributed by atoms with van der Waals surface area (Å²) in [5.41, 5.74) is 2.30. The SMILES string of the molecule is Cc1cc(C(=O)COC(=O)CCN2C(=O)[C@H]3CC=CC[C@@H]3C2=O)c(C)n1C. The Bertz CT molecular complexity index is 810. The van der Waals surface area contributed by atoms with Crippen LogP contribution in [0, 0.1) is 25.7 Å². The first-order valence-electron chi connectivity index (χ1n) is 9.13. The van der Waals surface area contributed by atoms with Crippen molar-refractivity contribution in [1.82, 2.24) is 9.47 Å². The van der Waals surface area contributed by atoms with Crippen LogP contribution in [0.1, 0.15) is 41.0 Å². The van der Waals surface area contributed by atoms with Crippen molar-refractivity contribution in [3.63, 3.8) is 0 Å². The van der Waals surface area contributed by atoms with Crippen LogP contribution in [0.15, 0.2) is 18.2 Å². The first-order valence-corrected chi connectivity index (χ1v) is 9.13. The van der Waals surface area contributed by atoms with E-state index in [1.54, 1.807) is 6.07 Å². The number of likely N-dealkylation sites (tertiary alicyclic amines) is 1. The number of imide groups is 1. The lowest BCUT2D eigenvalue weighted by Gasteiger charge is -2.14. The average Bonchev–Trinajstić information content (AvgIpc) is 3.06. The van der Waals surface area contributed by atoms with E-state index in [9.17, 15) is 19.2 Å². The number of hydrogen-bond donors (Lipinski definition) is 0. The molecule has 0 spiro atoms. The monoisotopic (exact) mass is 372 g/mol. The molecule has 2 amide bonds. The molecule has 0 unspecified atom stereocenters. The molecule has 1 aromatic rings. The molecule has 1 saturated heterocycles. The fraction of sp³-hybridized carbons (Fsp3) is 0.500. The number of carbonyl (C=O) groups is 4. The third kappa shape index (κ3) is 3.59. The number of rotatable bonds is 6. The molecule has 0 saturated carbocycles. The zero-order valence-electron chi connectivity index (χ0n) is 15.9. The zero-order chi connectivity index (χ0) is 19.7. The number of Topliss-reactive ketones (excluding diaryl/α,β-unsaturated/α-hetero) is 1. The summed E-state index contributed by atoms with van der Waals surface area (Å²) in [6.45, 7) is 3.38. The van der Waals surface area contributed by atoms with Crippen LogP contribution >= 0.6 is 0 Å². The van der Waals surface area contributed by atoms with Crippen molar-refractivity contribution < 1.29 is 23.9 Å². The number of nitrogens with zero attached hydrogens (tertiary/aromatic N) is 2. The lowest BCUT2D eigenvalue weighted by Crippen LogP contribution is -2.33. The third-order valence-electron chi connectivity index (χ3n) is 5.58. The number of esters is 1. The van der Waals surface area contributed by atoms with Crippen LogP contribution in [-0.2, 0) is 26.2 Å². The number of aromatic nitrogens is 1. The van der Waals surface area contributed by atoms with Crippen LogP contribution in [0.5, 0.6) is 0 Å². The number of carbonyl (C=O) groups excluding carboxylic acids is 4. The van der Waals surface area contributed by atoms with Crippen LogP contribution in [0.2, 0.25) is 0 Å². The lowest BCUT2D eigenvalue weighted by molar-refractivity contribution is -0.145. The summed E-state index contributed by atoms with van der Waals surface area (Å²) in [6, 6.07) is 1.77. The standard InChI is InChI=1S/C20H24N2O5/c1-12-10-16(13(2)21(12)3)17(23)11-27-18(24)8-9-22-19(25)14-6-4-5-7-15(14)20(22)26/h4-5,10,14-15H,6-9,11H2,1-3H3/t14-,15-/m0/s1. The van der Waals surface area contributed by atoms with Crippen molar-refractivity contribution in [1.29, 1.82) is 0 Å². The number of ketones is 1. The van der Waals surface area contributed by atoms with Crippen LogP contribution in [0.4, 0.5) is 0 Å². The molecule has 0 N–H and O–H groups in total. The van der Waals surface area contributed by atoms with Gasteiger partial charge in [-0.3, -0.25) is 24.1 Å². The molecule has 3 rings (SSSR count). The second-order valence-electron chi connectivity index (χ2n) is 7.16. The molecule has 2 aliphatic rings. The Kier molecular flexibility index (Phi) is 5.30. The number of ether oxygens (including phenoxy) is 1. The second-order valence-corrected chi connectivity index (χ2v) is 7.16. The lowest BCUT2D eigenvalue weighted by atomic mass is 9.85. The van der Waals surface area contributed by atoms with E-state index >= 15 is 0 Å². The smallest absolute Gasteiger partial charge is 0.308 e. The highest BCUT2D eigenvalue weighted by Gasteiger charge is 2.46. The molecule has 0 radical (unpaired) electrons. The summed E-state index contributed by atoms with van der Waals surface area (Å²) in [6.07, 6.45) is 4.87. The van der Waals surface area contributed by atoms with Gasteiger partial charge in [-0.25, -0.2) is 0 Å². The minimum atomic E-state index is -0.595. The molecule has 1 aromatic heterocycles. The van der Waals surface area contributed by atoms with Crippen molar-refractivity contribution in [2.45, 2.75) is 33.1 Å². The van der Waals surface area contributed by atoms with Gasteiger partial charge in [0.1, 0.15) is 0 Å². The van der Waals surface area contributed by atoms with Gasteiger partial charge in [0.05, 0.1) is 18.3 Å². The van der Waals surface area contributed by atoms with Crippen LogP contribution in [-0.4, -0.2) is 46.2 Å². The van der Waals surface area contributed by atoms with E-state index in [0.29, 0.717) is 18.4 Å². The van der Waals surface area contributed by atoms with E-state index in [-0.39, 0.29) is 49.0 Å². The number of amides is 2. The van der Waals surface area contributed by atoms with Crippen LogP contribution < -0.4 is 0 Å². The molecule has 7 nitrogen and oxygen atoms in total. The number of aryl methyl sites for hydroxylation is 1. The van der Waals surface area contributed by atoms with Gasteiger partial charge in [-0.15, -0.1) is 0 Å². The molecule has 27 heavy (non-hydrogen) atoms. The molecule has 1 fully saturated rings.